The van der Waals surface area contributed by atoms with Crippen LogP contribution in [0.3, 0.4) is 0 Å². The zero-order chi connectivity index (χ0) is 10.4. The number of benzene rings is 1. The van der Waals surface area contributed by atoms with Gasteiger partial charge in [-0.1, -0.05) is 18.2 Å². The van der Waals surface area contributed by atoms with Gasteiger partial charge in [-0.05, 0) is 19.1 Å². The maximum absolute atomic E-state index is 11.1. The van der Waals surface area contributed by atoms with Gasteiger partial charge in [-0.2, -0.15) is 0 Å². The van der Waals surface area contributed by atoms with E-state index < -0.39 is 13.9 Å². The van der Waals surface area contributed by atoms with Crippen LogP contribution in [0.25, 0.3) is 0 Å². The van der Waals surface area contributed by atoms with Crippen molar-refractivity contribution in [2.24, 2.45) is 0 Å². The van der Waals surface area contributed by atoms with E-state index in [9.17, 15) is 9.46 Å². The molecule has 1 rings (SSSR count). The monoisotopic (exact) mass is 222 g/mol. The SMILES string of the molecule is CCOP(=O)([O-])COc1ccccc1.[Li+]. The summed E-state index contributed by atoms with van der Waals surface area (Å²) in [5, 5.41) is 0. The molecule has 0 aliphatic heterocycles. The molecule has 0 saturated heterocycles. The maximum Gasteiger partial charge on any atom is 1.00 e. The third kappa shape index (κ3) is 6.04. The zero-order valence-electron chi connectivity index (χ0n) is 8.88. The van der Waals surface area contributed by atoms with Gasteiger partial charge in [0.1, 0.15) is 5.75 Å². The molecule has 0 fully saturated rings. The Balaban J connectivity index is 0.00000196. The molecule has 15 heavy (non-hydrogen) atoms. The summed E-state index contributed by atoms with van der Waals surface area (Å²) in [7, 11) is -3.83. The predicted molar refractivity (Wildman–Crippen MR) is 51.2 cm³/mol. The molecule has 0 spiro atoms. The summed E-state index contributed by atoms with van der Waals surface area (Å²) in [6.45, 7) is 1.76. The maximum atomic E-state index is 11.1. The molecule has 1 atom stereocenters. The van der Waals surface area contributed by atoms with Crippen LogP contribution in [0.5, 0.6) is 5.75 Å². The average Bonchev–Trinajstić information content (AvgIpc) is 2.17. The molecule has 0 saturated carbocycles. The topological polar surface area (TPSA) is 58.6 Å². The minimum absolute atomic E-state index is 0. The van der Waals surface area contributed by atoms with E-state index in [0.717, 1.165) is 0 Å². The van der Waals surface area contributed by atoms with Crippen molar-refractivity contribution in [2.45, 2.75) is 6.92 Å². The molecule has 4 nitrogen and oxygen atoms in total. The van der Waals surface area contributed by atoms with Crippen LogP contribution in [-0.4, -0.2) is 13.0 Å². The Labute approximate surface area is 101 Å². The second-order valence-corrected chi connectivity index (χ2v) is 4.35. The van der Waals surface area contributed by atoms with Gasteiger partial charge in [0.2, 0.25) is 0 Å². The normalized spacial score (nSPS) is 13.7. The first kappa shape index (κ1) is 14.8. The molecule has 0 N–H and O–H groups in total. The van der Waals surface area contributed by atoms with Crippen LogP contribution < -0.4 is 28.5 Å². The van der Waals surface area contributed by atoms with Crippen LogP contribution in [0.4, 0.5) is 0 Å². The van der Waals surface area contributed by atoms with Gasteiger partial charge in [0.05, 0.1) is 6.61 Å². The summed E-state index contributed by atoms with van der Waals surface area (Å²) in [5.74, 6) is 0.517. The summed E-state index contributed by atoms with van der Waals surface area (Å²) in [5.41, 5.74) is 0. The molecule has 78 valence electrons. The summed E-state index contributed by atoms with van der Waals surface area (Å²) < 4.78 is 20.6. The molecule has 0 aliphatic carbocycles. The Bertz CT molecular complexity index is 317. The molecule has 1 aromatic rings. The van der Waals surface area contributed by atoms with Crippen LogP contribution in [-0.2, 0) is 9.09 Å². The minimum atomic E-state index is -3.83. The number of hydrogen-bond acceptors (Lipinski definition) is 4. The van der Waals surface area contributed by atoms with Crippen molar-refractivity contribution >= 4 is 7.60 Å². The fourth-order valence-corrected chi connectivity index (χ4v) is 1.68. The van der Waals surface area contributed by atoms with Crippen molar-refractivity contribution in [3.8, 4) is 5.75 Å². The van der Waals surface area contributed by atoms with Gasteiger partial charge >= 0.3 is 18.9 Å². The summed E-state index contributed by atoms with van der Waals surface area (Å²) >= 11 is 0. The average molecular weight is 222 g/mol. The second-order valence-electron chi connectivity index (χ2n) is 2.62. The molecule has 1 unspecified atom stereocenters. The Hall–Kier alpha value is -0.233. The number of para-hydroxylation sites is 1. The Morgan fingerprint density at radius 2 is 1.93 bits per heavy atom. The van der Waals surface area contributed by atoms with Crippen molar-refractivity contribution in [3.05, 3.63) is 30.3 Å². The van der Waals surface area contributed by atoms with Gasteiger partial charge in [-0.25, -0.2) is 0 Å². The first-order chi connectivity index (χ1) is 6.64. The van der Waals surface area contributed by atoms with E-state index in [1.165, 1.54) is 0 Å². The fourth-order valence-electron chi connectivity index (χ4n) is 0.904. The van der Waals surface area contributed by atoms with E-state index in [0.29, 0.717) is 5.75 Å². The van der Waals surface area contributed by atoms with E-state index in [-0.39, 0.29) is 25.5 Å². The standard InChI is InChI=1S/C9H13O4P.Li/c1-2-13-14(10,11)8-12-9-6-4-3-5-7-9;/h3-7H,2,8H2,1H3,(H,10,11);/q;+1/p-1. The van der Waals surface area contributed by atoms with Crippen molar-refractivity contribution in [1.29, 1.82) is 0 Å². The zero-order valence-corrected chi connectivity index (χ0v) is 9.78. The van der Waals surface area contributed by atoms with E-state index >= 15 is 0 Å². The molecule has 0 heterocycles. The van der Waals surface area contributed by atoms with Crippen LogP contribution in [0.1, 0.15) is 6.92 Å². The van der Waals surface area contributed by atoms with Crippen molar-refractivity contribution in [2.75, 3.05) is 13.0 Å². The molecule has 0 aromatic heterocycles. The van der Waals surface area contributed by atoms with E-state index in [2.05, 4.69) is 4.52 Å². The quantitative estimate of drug-likeness (QED) is 0.455. The van der Waals surface area contributed by atoms with Gasteiger partial charge in [-0.3, -0.25) is 0 Å². The second kappa shape index (κ2) is 7.11. The van der Waals surface area contributed by atoms with E-state index in [1.54, 1.807) is 31.2 Å². The van der Waals surface area contributed by atoms with E-state index in [1.807, 2.05) is 6.07 Å². The fraction of sp³-hybridized carbons (Fsp3) is 0.333. The van der Waals surface area contributed by atoms with Gasteiger partial charge in [0.25, 0.3) is 0 Å². The van der Waals surface area contributed by atoms with Crippen LogP contribution in [0.15, 0.2) is 30.3 Å². The predicted octanol–water partition coefficient (Wildman–Crippen LogP) is -1.38. The summed E-state index contributed by atoms with van der Waals surface area (Å²) in [6.07, 6.45) is -0.426. The third-order valence-electron chi connectivity index (χ3n) is 1.46. The molecule has 0 radical (unpaired) electrons. The van der Waals surface area contributed by atoms with Crippen LogP contribution >= 0.6 is 7.60 Å². The number of rotatable bonds is 5. The van der Waals surface area contributed by atoms with Crippen LogP contribution in [0, 0.1) is 0 Å². The summed E-state index contributed by atoms with van der Waals surface area (Å²) in [6, 6.07) is 8.74. The van der Waals surface area contributed by atoms with Gasteiger partial charge in [0.15, 0.2) is 13.9 Å². The third-order valence-corrected chi connectivity index (χ3v) is 2.56. The van der Waals surface area contributed by atoms with Crippen molar-refractivity contribution in [3.63, 3.8) is 0 Å². The minimum Gasteiger partial charge on any atom is -0.776 e. The number of hydrogen-bond donors (Lipinski definition) is 0. The first-order valence-electron chi connectivity index (χ1n) is 4.26. The van der Waals surface area contributed by atoms with Crippen molar-refractivity contribution in [1.82, 2.24) is 0 Å². The molecule has 0 amide bonds. The smallest absolute Gasteiger partial charge is 0.776 e. The molecular formula is C9H12LiO4P. The first-order valence-corrected chi connectivity index (χ1v) is 5.99. The largest absolute Gasteiger partial charge is 1.00 e. The van der Waals surface area contributed by atoms with E-state index in [4.69, 9.17) is 4.74 Å². The molecule has 0 bridgehead atoms. The molecular weight excluding hydrogens is 210 g/mol. The van der Waals surface area contributed by atoms with Gasteiger partial charge < -0.3 is 18.7 Å². The Morgan fingerprint density at radius 1 is 1.33 bits per heavy atom. The molecule has 1 aromatic carbocycles. The van der Waals surface area contributed by atoms with Crippen LogP contribution in [0.2, 0.25) is 0 Å². The summed E-state index contributed by atoms with van der Waals surface area (Å²) in [4.78, 5) is 11.1. The van der Waals surface area contributed by atoms with Gasteiger partial charge in [0, 0.05) is 0 Å². The Morgan fingerprint density at radius 3 is 2.47 bits per heavy atom. The molecule has 6 heteroatoms. The Kier molecular flexibility index (Phi) is 7.00. The number of ether oxygens (including phenoxy) is 1. The van der Waals surface area contributed by atoms with Gasteiger partial charge in [-0.15, -0.1) is 0 Å². The van der Waals surface area contributed by atoms with Crippen molar-refractivity contribution < 1.29 is 37.6 Å². The molecule has 0 aliphatic rings.